The molecule has 62 valence electrons. The van der Waals surface area contributed by atoms with Gasteiger partial charge in [-0.25, -0.2) is 0 Å². The van der Waals surface area contributed by atoms with E-state index in [2.05, 4.69) is 0 Å². The Kier molecular flexibility index (Phi) is 8.55. The monoisotopic (exact) mass is 166 g/mol. The number of hydrogen-bond acceptors (Lipinski definition) is 2. The lowest BCUT2D eigenvalue weighted by Crippen LogP contribution is -2.06. The van der Waals surface area contributed by atoms with E-state index in [4.69, 9.17) is 4.74 Å². The number of carbonyl (C=O) groups is 1. The van der Waals surface area contributed by atoms with Crippen molar-refractivity contribution in [2.45, 2.75) is 27.2 Å². The third kappa shape index (κ3) is 7.76. The Hall–Kier alpha value is -0.240. The molecule has 0 aliphatic rings. The lowest BCUT2D eigenvalue weighted by Gasteiger charge is -2.02. The van der Waals surface area contributed by atoms with Crippen LogP contribution in [0.3, 0.4) is 0 Å². The molecule has 10 heavy (non-hydrogen) atoms. The van der Waals surface area contributed by atoms with Crippen molar-refractivity contribution in [3.8, 4) is 0 Å². The Bertz CT molecular complexity index is 91.6. The number of halogens is 1. The highest BCUT2D eigenvalue weighted by atomic mass is 35.5. The first-order chi connectivity index (χ1) is 4.16. The molecule has 2 nitrogen and oxygen atoms in total. The molecule has 0 atom stereocenters. The van der Waals surface area contributed by atoms with Crippen molar-refractivity contribution in [3.05, 3.63) is 0 Å². The van der Waals surface area contributed by atoms with Crippen LogP contribution in [0.2, 0.25) is 0 Å². The molecule has 0 aliphatic carbocycles. The van der Waals surface area contributed by atoms with E-state index < -0.39 is 0 Å². The highest BCUT2D eigenvalue weighted by Crippen LogP contribution is 1.99. The first-order valence-corrected chi connectivity index (χ1v) is 3.32. The van der Waals surface area contributed by atoms with Gasteiger partial charge in [-0.15, -0.1) is 12.4 Å². The van der Waals surface area contributed by atoms with E-state index in [0.29, 0.717) is 18.9 Å². The molecule has 0 amide bonds. The van der Waals surface area contributed by atoms with Gasteiger partial charge >= 0.3 is 5.97 Å². The minimum atomic E-state index is -0.0903. The third-order valence-electron chi connectivity index (χ3n) is 0.880. The number of carbonyl (C=O) groups excluding carboxylic acids is 1. The van der Waals surface area contributed by atoms with Crippen molar-refractivity contribution in [1.82, 2.24) is 0 Å². The minimum absolute atomic E-state index is 0. The van der Waals surface area contributed by atoms with Crippen LogP contribution in [0.1, 0.15) is 27.2 Å². The van der Waals surface area contributed by atoms with Crippen LogP contribution in [0.5, 0.6) is 0 Å². The zero-order chi connectivity index (χ0) is 7.28. The van der Waals surface area contributed by atoms with Gasteiger partial charge in [0.05, 0.1) is 6.61 Å². The van der Waals surface area contributed by atoms with Crippen molar-refractivity contribution >= 4 is 18.4 Å². The van der Waals surface area contributed by atoms with Crippen LogP contribution in [0, 0.1) is 5.92 Å². The SMILES string of the molecule is CCOC(=O)CC(C)C.Cl. The van der Waals surface area contributed by atoms with Crippen LogP contribution in [0.4, 0.5) is 0 Å². The summed E-state index contributed by atoms with van der Waals surface area (Å²) in [6.45, 7) is 6.30. The summed E-state index contributed by atoms with van der Waals surface area (Å²) < 4.78 is 4.71. The van der Waals surface area contributed by atoms with E-state index in [0.717, 1.165) is 0 Å². The molecule has 0 radical (unpaired) electrons. The van der Waals surface area contributed by atoms with Gasteiger partial charge < -0.3 is 4.74 Å². The van der Waals surface area contributed by atoms with E-state index in [9.17, 15) is 4.79 Å². The van der Waals surface area contributed by atoms with Gasteiger partial charge in [-0.05, 0) is 12.8 Å². The number of ether oxygens (including phenoxy) is 1. The Morgan fingerprint density at radius 1 is 1.50 bits per heavy atom. The lowest BCUT2D eigenvalue weighted by atomic mass is 10.1. The van der Waals surface area contributed by atoms with Crippen LogP contribution >= 0.6 is 12.4 Å². The van der Waals surface area contributed by atoms with Gasteiger partial charge in [0.25, 0.3) is 0 Å². The summed E-state index contributed by atoms with van der Waals surface area (Å²) in [5, 5.41) is 0. The van der Waals surface area contributed by atoms with E-state index >= 15 is 0 Å². The van der Waals surface area contributed by atoms with Crippen molar-refractivity contribution in [3.63, 3.8) is 0 Å². The van der Waals surface area contributed by atoms with Crippen LogP contribution in [0.15, 0.2) is 0 Å². The summed E-state index contributed by atoms with van der Waals surface area (Å²) >= 11 is 0. The smallest absolute Gasteiger partial charge is 0.306 e. The molecule has 0 N–H and O–H groups in total. The molecule has 0 rings (SSSR count). The van der Waals surface area contributed by atoms with E-state index in [1.54, 1.807) is 0 Å². The second kappa shape index (κ2) is 6.87. The lowest BCUT2D eigenvalue weighted by molar-refractivity contribution is -0.143. The molecule has 0 fully saturated rings. The van der Waals surface area contributed by atoms with Crippen LogP contribution in [-0.4, -0.2) is 12.6 Å². The molecule has 0 aromatic heterocycles. The predicted molar refractivity (Wildman–Crippen MR) is 43.3 cm³/mol. The molecule has 0 heterocycles. The van der Waals surface area contributed by atoms with Crippen molar-refractivity contribution in [2.24, 2.45) is 5.92 Å². The standard InChI is InChI=1S/C7H14O2.ClH/c1-4-9-7(8)5-6(2)3;/h6H,4-5H2,1-3H3;1H. The largest absolute Gasteiger partial charge is 0.466 e. The van der Waals surface area contributed by atoms with Gasteiger partial charge in [0.15, 0.2) is 0 Å². The highest BCUT2D eigenvalue weighted by molar-refractivity contribution is 5.85. The normalized spacial score (nSPS) is 8.80. The maximum atomic E-state index is 10.6. The fourth-order valence-electron chi connectivity index (χ4n) is 0.553. The zero-order valence-electron chi connectivity index (χ0n) is 6.72. The summed E-state index contributed by atoms with van der Waals surface area (Å²) in [6.07, 6.45) is 0.536. The highest BCUT2D eigenvalue weighted by Gasteiger charge is 2.03. The first kappa shape index (κ1) is 12.4. The first-order valence-electron chi connectivity index (χ1n) is 3.32. The quantitative estimate of drug-likeness (QED) is 0.600. The fraction of sp³-hybridized carbons (Fsp3) is 0.857. The van der Waals surface area contributed by atoms with Crippen LogP contribution < -0.4 is 0 Å². The Balaban J connectivity index is 0. The molecule has 0 bridgehead atoms. The average molecular weight is 167 g/mol. The maximum absolute atomic E-state index is 10.6. The van der Waals surface area contributed by atoms with Crippen LogP contribution in [-0.2, 0) is 9.53 Å². The van der Waals surface area contributed by atoms with Crippen molar-refractivity contribution < 1.29 is 9.53 Å². The molecule has 0 saturated carbocycles. The zero-order valence-corrected chi connectivity index (χ0v) is 7.53. The van der Waals surface area contributed by atoms with Gasteiger partial charge in [-0.1, -0.05) is 13.8 Å². The van der Waals surface area contributed by atoms with Crippen molar-refractivity contribution in [2.75, 3.05) is 6.61 Å². The summed E-state index contributed by atoms with van der Waals surface area (Å²) in [6, 6.07) is 0. The topological polar surface area (TPSA) is 26.3 Å². The number of rotatable bonds is 3. The van der Waals surface area contributed by atoms with Gasteiger partial charge in [-0.3, -0.25) is 4.79 Å². The summed E-state index contributed by atoms with van der Waals surface area (Å²) in [5.41, 5.74) is 0. The molecule has 3 heteroatoms. The third-order valence-corrected chi connectivity index (χ3v) is 0.880. The molecule has 0 aliphatic heterocycles. The predicted octanol–water partition coefficient (Wildman–Crippen LogP) is 2.02. The summed E-state index contributed by atoms with van der Waals surface area (Å²) in [4.78, 5) is 10.6. The fourth-order valence-corrected chi connectivity index (χ4v) is 0.553. The van der Waals surface area contributed by atoms with E-state index in [1.165, 1.54) is 0 Å². The number of hydrogen-bond donors (Lipinski definition) is 0. The summed E-state index contributed by atoms with van der Waals surface area (Å²) in [5.74, 6) is 0.316. The number of esters is 1. The van der Waals surface area contributed by atoms with Gasteiger partial charge in [-0.2, -0.15) is 0 Å². The average Bonchev–Trinajstić information content (AvgIpc) is 1.63. The molecular formula is C7H15ClO2. The Morgan fingerprint density at radius 2 is 2.00 bits per heavy atom. The molecule has 0 aromatic rings. The van der Waals surface area contributed by atoms with Gasteiger partial charge in [0, 0.05) is 6.42 Å². The maximum Gasteiger partial charge on any atom is 0.306 e. The molecule has 0 spiro atoms. The van der Waals surface area contributed by atoms with Gasteiger partial charge in [0.1, 0.15) is 0 Å². The second-order valence-corrected chi connectivity index (χ2v) is 2.40. The minimum Gasteiger partial charge on any atom is -0.466 e. The molecule has 0 saturated heterocycles. The Labute approximate surface area is 68.4 Å². The van der Waals surface area contributed by atoms with E-state index in [1.807, 2.05) is 20.8 Å². The molecular weight excluding hydrogens is 152 g/mol. The van der Waals surface area contributed by atoms with Crippen molar-refractivity contribution in [1.29, 1.82) is 0 Å². The molecule has 0 unspecified atom stereocenters. The Morgan fingerprint density at radius 3 is 2.30 bits per heavy atom. The van der Waals surface area contributed by atoms with Gasteiger partial charge in [0.2, 0.25) is 0 Å². The van der Waals surface area contributed by atoms with Crippen LogP contribution in [0.25, 0.3) is 0 Å². The summed E-state index contributed by atoms with van der Waals surface area (Å²) in [7, 11) is 0. The van der Waals surface area contributed by atoms with E-state index in [-0.39, 0.29) is 18.4 Å². The molecule has 0 aromatic carbocycles. The second-order valence-electron chi connectivity index (χ2n) is 2.40.